The number of thiazole rings is 1. The number of furan rings is 1. The van der Waals surface area contributed by atoms with Crippen LogP contribution in [-0.4, -0.2) is 41.5 Å². The van der Waals surface area contributed by atoms with Gasteiger partial charge in [-0.3, -0.25) is 14.5 Å². The van der Waals surface area contributed by atoms with Gasteiger partial charge in [0.25, 0.3) is 5.91 Å². The van der Waals surface area contributed by atoms with Gasteiger partial charge < -0.3 is 19.0 Å². The van der Waals surface area contributed by atoms with E-state index in [1.807, 2.05) is 0 Å². The smallest absolute Gasteiger partial charge is 0.350 e. The molecule has 0 saturated heterocycles. The number of benzene rings is 2. The summed E-state index contributed by atoms with van der Waals surface area (Å²) in [4.78, 5) is 45.0. The van der Waals surface area contributed by atoms with Crippen molar-refractivity contribution in [2.45, 2.75) is 19.9 Å². The van der Waals surface area contributed by atoms with Gasteiger partial charge in [-0.2, -0.15) is 0 Å². The molecule has 0 aliphatic carbocycles. The molecule has 5 rings (SSSR count). The number of aliphatic hydroxyl groups is 1. The summed E-state index contributed by atoms with van der Waals surface area (Å²) < 4.78 is 31.2. The van der Waals surface area contributed by atoms with E-state index in [-0.39, 0.29) is 39.2 Å². The highest BCUT2D eigenvalue weighted by Crippen LogP contribution is 2.45. The van der Waals surface area contributed by atoms with Crippen molar-refractivity contribution in [3.63, 3.8) is 0 Å². The Kier molecular flexibility index (Phi) is 6.45. The van der Waals surface area contributed by atoms with Crippen LogP contribution in [0.3, 0.4) is 0 Å². The highest BCUT2D eigenvalue weighted by Gasteiger charge is 2.47. The first-order valence-corrected chi connectivity index (χ1v) is 12.3. The lowest BCUT2D eigenvalue weighted by molar-refractivity contribution is -0.117. The number of para-hydroxylation sites is 1. The van der Waals surface area contributed by atoms with Gasteiger partial charge in [0, 0.05) is 10.9 Å². The van der Waals surface area contributed by atoms with E-state index in [1.165, 1.54) is 31.4 Å². The van der Waals surface area contributed by atoms with Gasteiger partial charge in [0.2, 0.25) is 5.78 Å². The normalized spacial score (nSPS) is 15.4. The molecule has 1 unspecified atom stereocenters. The van der Waals surface area contributed by atoms with Crippen LogP contribution < -0.4 is 9.64 Å². The number of anilines is 1. The number of hydrogen-bond donors (Lipinski definition) is 1. The quantitative estimate of drug-likeness (QED) is 0.250. The number of carbonyl (C=O) groups is 3. The summed E-state index contributed by atoms with van der Waals surface area (Å²) in [5.41, 5.74) is 0.153. The summed E-state index contributed by atoms with van der Waals surface area (Å²) >= 11 is 0.841. The third kappa shape index (κ3) is 4.01. The molecule has 1 atom stereocenters. The predicted molar refractivity (Wildman–Crippen MR) is 136 cm³/mol. The molecule has 4 aromatic rings. The Morgan fingerprint density at radius 2 is 1.97 bits per heavy atom. The number of halogens is 1. The molecule has 0 bridgehead atoms. The van der Waals surface area contributed by atoms with E-state index in [2.05, 4.69) is 4.98 Å². The minimum Gasteiger partial charge on any atom is -0.503 e. The fourth-order valence-corrected chi connectivity index (χ4v) is 5.33. The van der Waals surface area contributed by atoms with Gasteiger partial charge in [0.1, 0.15) is 16.7 Å². The molecule has 0 radical (unpaired) electrons. The minimum atomic E-state index is -1.38. The summed E-state index contributed by atoms with van der Waals surface area (Å²) in [6.45, 7) is 3.35. The van der Waals surface area contributed by atoms with E-state index >= 15 is 4.39 Å². The molecule has 2 aromatic carbocycles. The van der Waals surface area contributed by atoms with Crippen molar-refractivity contribution in [1.29, 1.82) is 0 Å². The molecule has 194 valence electrons. The lowest BCUT2D eigenvalue weighted by Gasteiger charge is -2.24. The van der Waals surface area contributed by atoms with Crippen LogP contribution in [0.4, 0.5) is 9.52 Å². The number of Topliss-reactive ketones (excluding diaryl/α,β-unsaturated/α-hetero) is 1. The number of nitrogens with zero attached hydrogens (tertiary/aromatic N) is 2. The van der Waals surface area contributed by atoms with Crippen molar-refractivity contribution >= 4 is 45.1 Å². The number of esters is 1. The number of rotatable bonds is 7. The van der Waals surface area contributed by atoms with E-state index in [0.29, 0.717) is 16.7 Å². The van der Waals surface area contributed by atoms with Gasteiger partial charge in [0.05, 0.1) is 25.0 Å². The predicted octanol–water partition coefficient (Wildman–Crippen LogP) is 5.31. The van der Waals surface area contributed by atoms with Crippen molar-refractivity contribution in [3.8, 4) is 5.75 Å². The molecular weight excluding hydrogens is 515 g/mol. The monoisotopic (exact) mass is 536 g/mol. The van der Waals surface area contributed by atoms with Gasteiger partial charge in [-0.15, -0.1) is 0 Å². The highest BCUT2D eigenvalue weighted by molar-refractivity contribution is 7.17. The lowest BCUT2D eigenvalue weighted by Crippen LogP contribution is -2.31. The number of aromatic nitrogens is 1. The Labute approximate surface area is 219 Å². The summed E-state index contributed by atoms with van der Waals surface area (Å²) in [5, 5.41) is 11.5. The van der Waals surface area contributed by atoms with E-state index in [9.17, 15) is 19.5 Å². The van der Waals surface area contributed by atoms with Gasteiger partial charge >= 0.3 is 5.97 Å². The van der Waals surface area contributed by atoms with E-state index in [1.54, 1.807) is 38.1 Å². The Morgan fingerprint density at radius 3 is 2.68 bits per heavy atom. The molecule has 0 spiro atoms. The molecule has 0 saturated carbocycles. The molecule has 11 heteroatoms. The molecule has 0 fully saturated rings. The topological polar surface area (TPSA) is 119 Å². The second-order valence-electron chi connectivity index (χ2n) is 8.31. The fourth-order valence-electron chi connectivity index (χ4n) is 4.34. The highest BCUT2D eigenvalue weighted by atomic mass is 32.1. The third-order valence-electron chi connectivity index (χ3n) is 6.06. The van der Waals surface area contributed by atoms with E-state index < -0.39 is 35.3 Å². The first kappa shape index (κ1) is 25.2. The zero-order valence-corrected chi connectivity index (χ0v) is 21.3. The van der Waals surface area contributed by atoms with Crippen molar-refractivity contribution in [2.24, 2.45) is 0 Å². The second kappa shape index (κ2) is 9.75. The molecule has 3 heterocycles. The van der Waals surface area contributed by atoms with Crippen LogP contribution in [0.1, 0.15) is 44.4 Å². The standard InChI is InChI=1S/C27H21FN2O7S/c1-4-36-26(34)24-13(2)29-27(38-24)30-20(15-9-5-6-10-16(15)28)19(22(32)25(30)33)21(31)18-12-14-8-7-11-17(35-3)23(14)37-18/h5-12,20,32H,4H2,1-3H3. The number of hydrogen-bond acceptors (Lipinski definition) is 9. The summed E-state index contributed by atoms with van der Waals surface area (Å²) in [7, 11) is 1.45. The lowest BCUT2D eigenvalue weighted by atomic mass is 9.95. The van der Waals surface area contributed by atoms with Crippen molar-refractivity contribution in [2.75, 3.05) is 18.6 Å². The van der Waals surface area contributed by atoms with Gasteiger partial charge in [0.15, 0.2) is 28.0 Å². The summed E-state index contributed by atoms with van der Waals surface area (Å²) in [6, 6.07) is 10.7. The number of amides is 1. The Hall–Kier alpha value is -4.51. The Morgan fingerprint density at radius 1 is 1.21 bits per heavy atom. The number of aliphatic hydroxyl groups excluding tert-OH is 1. The number of ketones is 1. The average molecular weight is 537 g/mol. The van der Waals surface area contributed by atoms with Crippen molar-refractivity contribution < 1.29 is 37.8 Å². The maximum absolute atomic E-state index is 15.1. The number of methoxy groups -OCH3 is 1. The number of aryl methyl sites for hydroxylation is 1. The van der Waals surface area contributed by atoms with Crippen molar-refractivity contribution in [3.05, 3.63) is 87.6 Å². The first-order chi connectivity index (χ1) is 18.3. The summed E-state index contributed by atoms with van der Waals surface area (Å²) in [6.07, 6.45) is 0. The van der Waals surface area contributed by atoms with Gasteiger partial charge in [-0.05, 0) is 32.0 Å². The largest absolute Gasteiger partial charge is 0.503 e. The van der Waals surface area contributed by atoms with Crippen LogP contribution >= 0.6 is 11.3 Å². The van der Waals surface area contributed by atoms with Crippen LogP contribution in [0.2, 0.25) is 0 Å². The number of carbonyl (C=O) groups excluding carboxylic acids is 3. The molecule has 2 aromatic heterocycles. The minimum absolute atomic E-state index is 0.00979. The van der Waals surface area contributed by atoms with Gasteiger partial charge in [-0.1, -0.05) is 41.7 Å². The Bertz CT molecular complexity index is 1640. The second-order valence-corrected chi connectivity index (χ2v) is 9.29. The molecule has 1 amide bonds. The van der Waals surface area contributed by atoms with Crippen LogP contribution in [0.15, 0.2) is 64.3 Å². The molecule has 9 nitrogen and oxygen atoms in total. The molecular formula is C27H21FN2O7S. The molecule has 1 aliphatic heterocycles. The SMILES string of the molecule is CCOC(=O)c1sc(N2C(=O)C(O)=C(C(=O)c3cc4cccc(OC)c4o3)C2c2ccccc2F)nc1C. The maximum atomic E-state index is 15.1. The Balaban J connectivity index is 1.65. The molecule has 1 N–H and O–H groups in total. The van der Waals surface area contributed by atoms with Crippen molar-refractivity contribution in [1.82, 2.24) is 4.98 Å². The van der Waals surface area contributed by atoms with Crippen LogP contribution in [-0.2, 0) is 9.53 Å². The third-order valence-corrected chi connectivity index (χ3v) is 7.19. The van der Waals surface area contributed by atoms with E-state index in [4.69, 9.17) is 13.9 Å². The van der Waals surface area contributed by atoms with Crippen LogP contribution in [0, 0.1) is 12.7 Å². The summed E-state index contributed by atoms with van der Waals surface area (Å²) in [5.74, 6) is -3.79. The number of ether oxygens (including phenoxy) is 2. The van der Waals surface area contributed by atoms with Crippen LogP contribution in [0.5, 0.6) is 5.75 Å². The average Bonchev–Trinajstić information content (AvgIpc) is 3.58. The maximum Gasteiger partial charge on any atom is 0.350 e. The van der Waals surface area contributed by atoms with Gasteiger partial charge in [-0.25, -0.2) is 14.2 Å². The fraction of sp³-hybridized carbons (Fsp3) is 0.185. The van der Waals surface area contributed by atoms with E-state index in [0.717, 1.165) is 16.2 Å². The zero-order valence-electron chi connectivity index (χ0n) is 20.5. The first-order valence-electron chi connectivity index (χ1n) is 11.5. The number of fused-ring (bicyclic) bond motifs is 1. The van der Waals surface area contributed by atoms with Crippen LogP contribution in [0.25, 0.3) is 11.0 Å². The molecule has 38 heavy (non-hydrogen) atoms. The molecule has 1 aliphatic rings. The zero-order chi connectivity index (χ0) is 27.1.